The van der Waals surface area contributed by atoms with Crippen LogP contribution in [0.5, 0.6) is 0 Å². The predicted molar refractivity (Wildman–Crippen MR) is 76.6 cm³/mol. The molecule has 0 aliphatic carbocycles. The first kappa shape index (κ1) is 14.7. The number of nitrogens with one attached hydrogen (secondary N) is 2. The molecule has 3 nitrogen and oxygen atoms in total. The van der Waals surface area contributed by atoms with Gasteiger partial charge >= 0.3 is 0 Å². The highest BCUT2D eigenvalue weighted by Gasteiger charge is 2.16. The van der Waals surface area contributed by atoms with Gasteiger partial charge in [-0.2, -0.15) is 0 Å². The van der Waals surface area contributed by atoms with Gasteiger partial charge in [0.2, 0.25) is 5.91 Å². The zero-order valence-electron chi connectivity index (χ0n) is 12.0. The van der Waals surface area contributed by atoms with Crippen molar-refractivity contribution < 1.29 is 4.79 Å². The molecule has 0 aliphatic heterocycles. The molecule has 0 radical (unpaired) electrons. The lowest BCUT2D eigenvalue weighted by molar-refractivity contribution is -0.117. The lowest BCUT2D eigenvalue weighted by Crippen LogP contribution is -2.20. The van der Waals surface area contributed by atoms with E-state index in [1.165, 1.54) is 5.56 Å². The SMILES string of the molecule is CNC(C)c1cccc(NC(=O)CC(C)(C)C)c1. The Balaban J connectivity index is 2.71. The van der Waals surface area contributed by atoms with Crippen LogP contribution in [0.3, 0.4) is 0 Å². The van der Waals surface area contributed by atoms with Crippen LogP contribution in [-0.4, -0.2) is 13.0 Å². The molecule has 100 valence electrons. The molecule has 0 saturated heterocycles. The number of benzene rings is 1. The minimum Gasteiger partial charge on any atom is -0.326 e. The third-order valence-corrected chi connectivity index (χ3v) is 2.79. The van der Waals surface area contributed by atoms with E-state index in [9.17, 15) is 4.79 Å². The summed E-state index contributed by atoms with van der Waals surface area (Å²) < 4.78 is 0. The molecule has 0 aromatic heterocycles. The quantitative estimate of drug-likeness (QED) is 0.858. The number of rotatable bonds is 4. The fraction of sp³-hybridized carbons (Fsp3) is 0.533. The van der Waals surface area contributed by atoms with E-state index in [1.807, 2.05) is 25.2 Å². The monoisotopic (exact) mass is 248 g/mol. The molecule has 0 fully saturated rings. The summed E-state index contributed by atoms with van der Waals surface area (Å²) >= 11 is 0. The Morgan fingerprint density at radius 3 is 2.56 bits per heavy atom. The minimum absolute atomic E-state index is 0.0138. The van der Waals surface area contributed by atoms with Crippen molar-refractivity contribution in [3.05, 3.63) is 29.8 Å². The van der Waals surface area contributed by atoms with Gasteiger partial charge in [-0.25, -0.2) is 0 Å². The number of amides is 1. The van der Waals surface area contributed by atoms with Gasteiger partial charge in [-0.05, 0) is 37.1 Å². The van der Waals surface area contributed by atoms with E-state index in [0.717, 1.165) is 5.69 Å². The molecule has 1 rings (SSSR count). The molecular weight excluding hydrogens is 224 g/mol. The summed E-state index contributed by atoms with van der Waals surface area (Å²) in [6.45, 7) is 8.28. The van der Waals surface area contributed by atoms with E-state index >= 15 is 0 Å². The third kappa shape index (κ3) is 4.88. The van der Waals surface area contributed by atoms with Crippen molar-refractivity contribution in [2.45, 2.75) is 40.2 Å². The molecule has 0 spiro atoms. The lowest BCUT2D eigenvalue weighted by Gasteiger charge is -2.18. The van der Waals surface area contributed by atoms with E-state index in [1.54, 1.807) is 0 Å². The van der Waals surface area contributed by atoms with Crippen LogP contribution < -0.4 is 10.6 Å². The molecule has 0 bridgehead atoms. The zero-order chi connectivity index (χ0) is 13.8. The molecule has 1 amide bonds. The molecule has 1 unspecified atom stereocenters. The van der Waals surface area contributed by atoms with Crippen LogP contribution >= 0.6 is 0 Å². The Kier molecular flexibility index (Phi) is 4.91. The van der Waals surface area contributed by atoms with Gasteiger partial charge in [0, 0.05) is 18.2 Å². The second-order valence-corrected chi connectivity index (χ2v) is 5.92. The van der Waals surface area contributed by atoms with Gasteiger partial charge in [-0.3, -0.25) is 4.79 Å². The minimum atomic E-state index is 0.0138. The van der Waals surface area contributed by atoms with Crippen molar-refractivity contribution in [1.82, 2.24) is 5.32 Å². The smallest absolute Gasteiger partial charge is 0.224 e. The van der Waals surface area contributed by atoms with E-state index in [0.29, 0.717) is 6.42 Å². The first-order valence-electron chi connectivity index (χ1n) is 6.39. The standard InChI is InChI=1S/C15H24N2O/c1-11(16-5)12-7-6-8-13(9-12)17-14(18)10-15(2,3)4/h6-9,11,16H,10H2,1-5H3,(H,17,18). The topological polar surface area (TPSA) is 41.1 Å². The van der Waals surface area contributed by atoms with Gasteiger partial charge < -0.3 is 10.6 Å². The number of hydrogen-bond acceptors (Lipinski definition) is 2. The molecule has 2 N–H and O–H groups in total. The highest BCUT2D eigenvalue weighted by Crippen LogP contribution is 2.21. The molecule has 0 heterocycles. The molecule has 0 saturated carbocycles. The molecule has 0 aliphatic rings. The van der Waals surface area contributed by atoms with Crippen LogP contribution in [0.2, 0.25) is 0 Å². The maximum Gasteiger partial charge on any atom is 0.224 e. The largest absolute Gasteiger partial charge is 0.326 e. The summed E-state index contributed by atoms with van der Waals surface area (Å²) in [5.74, 6) is 0.0664. The van der Waals surface area contributed by atoms with Gasteiger partial charge in [0.05, 0.1) is 0 Å². The molecule has 18 heavy (non-hydrogen) atoms. The highest BCUT2D eigenvalue weighted by atomic mass is 16.1. The van der Waals surface area contributed by atoms with Gasteiger partial charge in [0.25, 0.3) is 0 Å². The van der Waals surface area contributed by atoms with Gasteiger partial charge in [-0.15, -0.1) is 0 Å². The Hall–Kier alpha value is -1.35. The fourth-order valence-corrected chi connectivity index (χ4v) is 1.74. The number of carbonyl (C=O) groups excluding carboxylic acids is 1. The van der Waals surface area contributed by atoms with Gasteiger partial charge in [0.15, 0.2) is 0 Å². The molecular formula is C15H24N2O. The Bertz CT molecular complexity index is 407. The average Bonchev–Trinajstić information content (AvgIpc) is 2.25. The Morgan fingerprint density at radius 1 is 1.33 bits per heavy atom. The summed E-state index contributed by atoms with van der Waals surface area (Å²) in [7, 11) is 1.93. The number of anilines is 1. The van der Waals surface area contributed by atoms with Crippen molar-refractivity contribution in [3.8, 4) is 0 Å². The average molecular weight is 248 g/mol. The first-order chi connectivity index (χ1) is 8.31. The second kappa shape index (κ2) is 6.01. The summed E-state index contributed by atoms with van der Waals surface area (Å²) in [6, 6.07) is 8.24. The van der Waals surface area contributed by atoms with Crippen molar-refractivity contribution in [3.63, 3.8) is 0 Å². The summed E-state index contributed by atoms with van der Waals surface area (Å²) in [4.78, 5) is 11.9. The van der Waals surface area contributed by atoms with Crippen LogP contribution in [0.15, 0.2) is 24.3 Å². The first-order valence-corrected chi connectivity index (χ1v) is 6.39. The van der Waals surface area contributed by atoms with Crippen LogP contribution in [0.25, 0.3) is 0 Å². The van der Waals surface area contributed by atoms with Crippen LogP contribution in [0.4, 0.5) is 5.69 Å². The van der Waals surface area contributed by atoms with Crippen LogP contribution in [0.1, 0.15) is 45.7 Å². The molecule has 1 atom stereocenters. The van der Waals surface area contributed by atoms with Crippen molar-refractivity contribution in [1.29, 1.82) is 0 Å². The third-order valence-electron chi connectivity index (χ3n) is 2.79. The Morgan fingerprint density at radius 2 is 2.00 bits per heavy atom. The van der Waals surface area contributed by atoms with E-state index in [2.05, 4.69) is 44.4 Å². The maximum atomic E-state index is 11.9. The summed E-state index contributed by atoms with van der Waals surface area (Å²) in [6.07, 6.45) is 0.527. The summed E-state index contributed by atoms with van der Waals surface area (Å²) in [5, 5.41) is 6.14. The van der Waals surface area contributed by atoms with Gasteiger partial charge in [-0.1, -0.05) is 32.9 Å². The maximum absolute atomic E-state index is 11.9. The predicted octanol–water partition coefficient (Wildman–Crippen LogP) is 3.34. The Labute approximate surface area is 110 Å². The fourth-order valence-electron chi connectivity index (χ4n) is 1.74. The van der Waals surface area contributed by atoms with E-state index < -0.39 is 0 Å². The lowest BCUT2D eigenvalue weighted by atomic mass is 9.92. The van der Waals surface area contributed by atoms with E-state index in [4.69, 9.17) is 0 Å². The number of carbonyl (C=O) groups is 1. The molecule has 1 aromatic rings. The van der Waals surface area contributed by atoms with Crippen molar-refractivity contribution in [2.75, 3.05) is 12.4 Å². The highest BCUT2D eigenvalue weighted by molar-refractivity contribution is 5.91. The van der Waals surface area contributed by atoms with Crippen molar-refractivity contribution in [2.24, 2.45) is 5.41 Å². The molecule has 1 aromatic carbocycles. The normalized spacial score (nSPS) is 13.2. The van der Waals surface area contributed by atoms with Crippen LogP contribution in [0, 0.1) is 5.41 Å². The second-order valence-electron chi connectivity index (χ2n) is 5.92. The van der Waals surface area contributed by atoms with E-state index in [-0.39, 0.29) is 17.4 Å². The zero-order valence-corrected chi connectivity index (χ0v) is 12.0. The van der Waals surface area contributed by atoms with Crippen molar-refractivity contribution >= 4 is 11.6 Å². The van der Waals surface area contributed by atoms with Crippen LogP contribution in [-0.2, 0) is 4.79 Å². The molecule has 3 heteroatoms. The summed E-state index contributed by atoms with van der Waals surface area (Å²) in [5.41, 5.74) is 2.05. The number of hydrogen-bond donors (Lipinski definition) is 2. The van der Waals surface area contributed by atoms with Gasteiger partial charge in [0.1, 0.15) is 0 Å².